The number of hydrogen-bond acceptors (Lipinski definition) is 2. The number of carbonyl (C=O) groups excluding carboxylic acids is 1. The summed E-state index contributed by atoms with van der Waals surface area (Å²) in [6.45, 7) is 6.56. The summed E-state index contributed by atoms with van der Waals surface area (Å²) in [5, 5.41) is 6.60. The van der Waals surface area contributed by atoms with Gasteiger partial charge in [0.25, 0.3) is 0 Å². The van der Waals surface area contributed by atoms with Crippen LogP contribution in [0, 0.1) is 6.92 Å². The van der Waals surface area contributed by atoms with Crippen LogP contribution in [0.3, 0.4) is 0 Å². The van der Waals surface area contributed by atoms with Crippen LogP contribution in [-0.4, -0.2) is 12.5 Å². The molecule has 0 aliphatic rings. The molecule has 2 N–H and O–H groups in total. The Labute approximate surface area is 174 Å². The molecule has 0 aliphatic carbocycles. The van der Waals surface area contributed by atoms with Crippen molar-refractivity contribution in [2.24, 2.45) is 0 Å². The van der Waals surface area contributed by atoms with Crippen LogP contribution in [0.15, 0.2) is 72.8 Å². The molecule has 3 aromatic rings. The number of rotatable bonds is 8. The first-order valence-corrected chi connectivity index (χ1v) is 10.4. The Morgan fingerprint density at radius 2 is 1.38 bits per heavy atom. The Hall–Kier alpha value is -2.91. The molecule has 0 aliphatic heterocycles. The van der Waals surface area contributed by atoms with Crippen LogP contribution >= 0.6 is 0 Å². The van der Waals surface area contributed by atoms with Gasteiger partial charge in [0.1, 0.15) is 0 Å². The van der Waals surface area contributed by atoms with Gasteiger partial charge in [-0.1, -0.05) is 92.2 Å². The third-order valence-electron chi connectivity index (χ3n) is 5.27. The molecule has 0 radical (unpaired) electrons. The maximum absolute atomic E-state index is 12.8. The van der Waals surface area contributed by atoms with Crippen molar-refractivity contribution in [2.75, 3.05) is 11.9 Å². The quantitative estimate of drug-likeness (QED) is 0.541. The molecular weight excluding hydrogens is 356 g/mol. The fourth-order valence-electron chi connectivity index (χ4n) is 3.61. The highest BCUT2D eigenvalue weighted by molar-refractivity contribution is 5.94. The lowest BCUT2D eigenvalue weighted by Crippen LogP contribution is -2.32. The predicted molar refractivity (Wildman–Crippen MR) is 121 cm³/mol. The van der Waals surface area contributed by atoms with Crippen LogP contribution in [0.25, 0.3) is 0 Å². The molecule has 0 saturated heterocycles. The summed E-state index contributed by atoms with van der Waals surface area (Å²) in [5.41, 5.74) is 6.84. The molecule has 0 bridgehead atoms. The van der Waals surface area contributed by atoms with Crippen molar-refractivity contribution in [1.82, 2.24) is 5.32 Å². The van der Waals surface area contributed by atoms with Crippen molar-refractivity contribution in [3.05, 3.63) is 101 Å². The number of aryl methyl sites for hydroxylation is 3. The van der Waals surface area contributed by atoms with Gasteiger partial charge in [-0.15, -0.1) is 0 Å². The van der Waals surface area contributed by atoms with E-state index in [2.05, 4.69) is 86.0 Å². The van der Waals surface area contributed by atoms with E-state index in [0.717, 1.165) is 29.7 Å². The molecule has 3 nitrogen and oxygen atoms in total. The van der Waals surface area contributed by atoms with E-state index in [-0.39, 0.29) is 18.5 Å². The van der Waals surface area contributed by atoms with E-state index in [1.807, 2.05) is 18.2 Å². The monoisotopic (exact) mass is 386 g/mol. The van der Waals surface area contributed by atoms with Crippen molar-refractivity contribution in [3.63, 3.8) is 0 Å². The van der Waals surface area contributed by atoms with Gasteiger partial charge in [-0.2, -0.15) is 0 Å². The summed E-state index contributed by atoms with van der Waals surface area (Å²) in [6.07, 6.45) is 1.79. The van der Waals surface area contributed by atoms with Crippen LogP contribution in [0.1, 0.15) is 47.7 Å². The molecule has 3 heteroatoms. The third kappa shape index (κ3) is 5.33. The maximum Gasteiger partial charge on any atom is 0.238 e. The topological polar surface area (TPSA) is 41.1 Å². The standard InChI is InChI=1S/C26H30N2O/c1-4-20-12-9-13-21(5-2)26(20)28-24(29)18-27-25(22-10-7-6-8-11-22)23-16-14-19(3)15-17-23/h6-17,25,27H,4-5,18H2,1-3H3,(H,28,29)/t25-/m0/s1. The second kappa shape index (κ2) is 10.0. The number of benzene rings is 3. The fourth-order valence-corrected chi connectivity index (χ4v) is 3.61. The minimum atomic E-state index is -0.0328. The number of carbonyl (C=O) groups is 1. The maximum atomic E-state index is 12.8. The van der Waals surface area contributed by atoms with Crippen LogP contribution < -0.4 is 10.6 Å². The molecule has 3 rings (SSSR count). The molecule has 0 saturated carbocycles. The van der Waals surface area contributed by atoms with E-state index in [4.69, 9.17) is 0 Å². The van der Waals surface area contributed by atoms with E-state index in [0.29, 0.717) is 0 Å². The first kappa shape index (κ1) is 20.8. The summed E-state index contributed by atoms with van der Waals surface area (Å²) in [5.74, 6) is -0.0198. The second-order valence-electron chi connectivity index (χ2n) is 7.34. The molecule has 0 unspecified atom stereocenters. The van der Waals surface area contributed by atoms with E-state index in [1.165, 1.54) is 16.7 Å². The van der Waals surface area contributed by atoms with Gasteiger partial charge < -0.3 is 5.32 Å². The van der Waals surface area contributed by atoms with Gasteiger partial charge in [0.2, 0.25) is 5.91 Å². The third-order valence-corrected chi connectivity index (χ3v) is 5.27. The van der Waals surface area contributed by atoms with E-state index >= 15 is 0 Å². The van der Waals surface area contributed by atoms with Gasteiger partial charge in [-0.25, -0.2) is 0 Å². The van der Waals surface area contributed by atoms with Gasteiger partial charge in [0.15, 0.2) is 0 Å². The number of anilines is 1. The van der Waals surface area contributed by atoms with Crippen LogP contribution in [0.2, 0.25) is 0 Å². The van der Waals surface area contributed by atoms with E-state index in [1.54, 1.807) is 0 Å². The molecular formula is C26H30N2O. The molecule has 0 heterocycles. The van der Waals surface area contributed by atoms with E-state index < -0.39 is 0 Å². The average Bonchev–Trinajstić information content (AvgIpc) is 2.76. The van der Waals surface area contributed by atoms with Crippen molar-refractivity contribution < 1.29 is 4.79 Å². The number of hydrogen-bond donors (Lipinski definition) is 2. The molecule has 150 valence electrons. The SMILES string of the molecule is CCc1cccc(CC)c1NC(=O)CN[C@@H](c1ccccc1)c1ccc(C)cc1. The zero-order chi connectivity index (χ0) is 20.6. The van der Waals surface area contributed by atoms with Gasteiger partial charge in [0.05, 0.1) is 12.6 Å². The van der Waals surface area contributed by atoms with Crippen molar-refractivity contribution in [2.45, 2.75) is 39.7 Å². The zero-order valence-corrected chi connectivity index (χ0v) is 17.5. The lowest BCUT2D eigenvalue weighted by molar-refractivity contribution is -0.115. The van der Waals surface area contributed by atoms with Crippen molar-refractivity contribution in [1.29, 1.82) is 0 Å². The first-order chi connectivity index (χ1) is 14.1. The summed E-state index contributed by atoms with van der Waals surface area (Å²) >= 11 is 0. The fraction of sp³-hybridized carbons (Fsp3) is 0.269. The molecule has 1 atom stereocenters. The molecule has 1 amide bonds. The van der Waals surface area contributed by atoms with Crippen molar-refractivity contribution >= 4 is 11.6 Å². The predicted octanol–water partition coefficient (Wildman–Crippen LogP) is 5.44. The highest BCUT2D eigenvalue weighted by atomic mass is 16.1. The highest BCUT2D eigenvalue weighted by Gasteiger charge is 2.16. The summed E-state index contributed by atoms with van der Waals surface area (Å²) < 4.78 is 0. The van der Waals surface area contributed by atoms with Crippen LogP contribution in [0.4, 0.5) is 5.69 Å². The van der Waals surface area contributed by atoms with Gasteiger partial charge in [-0.3, -0.25) is 10.1 Å². The Kier molecular flexibility index (Phi) is 7.20. The molecule has 3 aromatic carbocycles. The number of nitrogens with one attached hydrogen (secondary N) is 2. The van der Waals surface area contributed by atoms with Gasteiger partial charge in [0, 0.05) is 5.69 Å². The van der Waals surface area contributed by atoms with E-state index in [9.17, 15) is 4.79 Å². The Morgan fingerprint density at radius 3 is 1.97 bits per heavy atom. The smallest absolute Gasteiger partial charge is 0.238 e. The summed E-state index contributed by atoms with van der Waals surface area (Å²) in [6, 6.07) is 24.9. The Morgan fingerprint density at radius 1 is 0.793 bits per heavy atom. The lowest BCUT2D eigenvalue weighted by atomic mass is 9.98. The van der Waals surface area contributed by atoms with Gasteiger partial charge >= 0.3 is 0 Å². The first-order valence-electron chi connectivity index (χ1n) is 10.4. The molecule has 29 heavy (non-hydrogen) atoms. The Balaban J connectivity index is 1.76. The largest absolute Gasteiger partial charge is 0.324 e. The van der Waals surface area contributed by atoms with Gasteiger partial charge in [-0.05, 0) is 42.0 Å². The summed E-state index contributed by atoms with van der Waals surface area (Å²) in [4.78, 5) is 12.8. The van der Waals surface area contributed by atoms with Crippen LogP contribution in [0.5, 0.6) is 0 Å². The molecule has 0 spiro atoms. The molecule has 0 aromatic heterocycles. The normalized spacial score (nSPS) is 11.8. The number of amides is 1. The Bertz CT molecular complexity index is 910. The minimum Gasteiger partial charge on any atom is -0.324 e. The number of para-hydroxylation sites is 1. The average molecular weight is 387 g/mol. The molecule has 0 fully saturated rings. The minimum absolute atomic E-state index is 0.0198. The zero-order valence-electron chi connectivity index (χ0n) is 17.5. The summed E-state index contributed by atoms with van der Waals surface area (Å²) in [7, 11) is 0. The van der Waals surface area contributed by atoms with Crippen molar-refractivity contribution in [3.8, 4) is 0 Å². The lowest BCUT2D eigenvalue weighted by Gasteiger charge is -2.21. The second-order valence-corrected chi connectivity index (χ2v) is 7.34. The highest BCUT2D eigenvalue weighted by Crippen LogP contribution is 2.24. The van der Waals surface area contributed by atoms with Crippen LogP contribution in [-0.2, 0) is 17.6 Å².